The van der Waals surface area contributed by atoms with Crippen molar-refractivity contribution in [3.63, 3.8) is 0 Å². The van der Waals surface area contributed by atoms with Crippen LogP contribution >= 0.6 is 11.6 Å². The van der Waals surface area contributed by atoms with Crippen molar-refractivity contribution in [3.8, 4) is 0 Å². The first-order valence-corrected chi connectivity index (χ1v) is 13.9. The van der Waals surface area contributed by atoms with E-state index >= 15 is 0 Å². The van der Waals surface area contributed by atoms with E-state index in [0.717, 1.165) is 76.4 Å². The van der Waals surface area contributed by atoms with Crippen molar-refractivity contribution < 1.29 is 17.9 Å². The third-order valence-electron chi connectivity index (χ3n) is 7.79. The average Bonchev–Trinajstić information content (AvgIpc) is 3.30. The predicted octanol–water partition coefficient (Wildman–Crippen LogP) is 4.04. The molecule has 4 aliphatic rings. The van der Waals surface area contributed by atoms with Gasteiger partial charge in [0.05, 0.1) is 24.7 Å². The molecule has 0 bridgehead atoms. The highest BCUT2D eigenvalue weighted by Gasteiger charge is 2.51. The van der Waals surface area contributed by atoms with Gasteiger partial charge in [-0.2, -0.15) is 0 Å². The van der Waals surface area contributed by atoms with Gasteiger partial charge in [-0.15, -0.1) is 0 Å². The first kappa shape index (κ1) is 22.1. The second-order valence-electron chi connectivity index (χ2n) is 10.6. The highest BCUT2D eigenvalue weighted by Crippen LogP contribution is 2.44. The summed E-state index contributed by atoms with van der Waals surface area (Å²) >= 11 is 6.73. The smallest absolute Gasteiger partial charge is 0.168 e. The number of halogens is 1. The largest absolute Gasteiger partial charge is 0.348 e. The number of hydrogen-bond acceptors (Lipinski definition) is 5. The van der Waals surface area contributed by atoms with Crippen molar-refractivity contribution in [1.29, 1.82) is 0 Å². The first-order chi connectivity index (χ1) is 14.8. The van der Waals surface area contributed by atoms with Gasteiger partial charge in [0.2, 0.25) is 0 Å². The van der Waals surface area contributed by atoms with Crippen molar-refractivity contribution in [3.05, 3.63) is 34.3 Å². The number of nitrogens with zero attached hydrogens (tertiary/aromatic N) is 1. The Morgan fingerprint density at radius 1 is 1.16 bits per heavy atom. The number of benzene rings is 1. The molecule has 3 saturated heterocycles. The van der Waals surface area contributed by atoms with Gasteiger partial charge in [-0.25, -0.2) is 8.42 Å². The molecule has 5 rings (SSSR count). The first-order valence-electron chi connectivity index (χ1n) is 11.7. The molecule has 0 amide bonds. The monoisotopic (exact) mass is 467 g/mol. The van der Waals surface area contributed by atoms with E-state index < -0.39 is 9.84 Å². The van der Waals surface area contributed by atoms with Gasteiger partial charge < -0.3 is 14.4 Å². The third-order valence-corrected chi connectivity index (χ3v) is 10.2. The van der Waals surface area contributed by atoms with Crippen LogP contribution in [0.1, 0.15) is 56.1 Å². The number of sulfone groups is 1. The molecule has 0 N–H and O–H groups in total. The zero-order valence-corrected chi connectivity index (χ0v) is 20.0. The number of likely N-dealkylation sites (tertiary alicyclic amines) is 1. The fourth-order valence-electron chi connectivity index (χ4n) is 6.40. The van der Waals surface area contributed by atoms with Crippen molar-refractivity contribution in [1.82, 2.24) is 4.90 Å². The lowest BCUT2D eigenvalue weighted by Gasteiger charge is -2.37. The Morgan fingerprint density at radius 2 is 1.87 bits per heavy atom. The minimum atomic E-state index is -2.75. The predicted molar refractivity (Wildman–Crippen MR) is 122 cm³/mol. The lowest BCUT2D eigenvalue weighted by Crippen LogP contribution is -2.50. The molecule has 2 spiro atoms. The summed E-state index contributed by atoms with van der Waals surface area (Å²) in [6.07, 6.45) is 6.04. The average molecular weight is 468 g/mol. The fraction of sp³-hybridized carbons (Fsp3) is 0.750. The summed E-state index contributed by atoms with van der Waals surface area (Å²) in [4.78, 5) is 2.46. The summed E-state index contributed by atoms with van der Waals surface area (Å²) in [6.45, 7) is 6.70. The lowest BCUT2D eigenvalue weighted by atomic mass is 9.80. The topological polar surface area (TPSA) is 55.8 Å². The van der Waals surface area contributed by atoms with Gasteiger partial charge in [-0.1, -0.05) is 30.7 Å². The molecule has 1 aromatic rings. The van der Waals surface area contributed by atoms with Crippen LogP contribution in [0.15, 0.2) is 18.2 Å². The normalized spacial score (nSPS) is 28.2. The molecule has 5 nitrogen and oxygen atoms in total. The van der Waals surface area contributed by atoms with Gasteiger partial charge in [0, 0.05) is 36.4 Å². The molecule has 0 aromatic heterocycles. The molecule has 0 unspecified atom stereocenters. The third kappa shape index (κ3) is 4.70. The van der Waals surface area contributed by atoms with Gasteiger partial charge in [0.25, 0.3) is 0 Å². The van der Waals surface area contributed by atoms with Crippen molar-refractivity contribution in [2.45, 2.75) is 57.2 Å². The quantitative estimate of drug-likeness (QED) is 0.654. The van der Waals surface area contributed by atoms with E-state index in [-0.39, 0.29) is 11.2 Å². The fourth-order valence-corrected chi connectivity index (χ4v) is 9.01. The molecule has 4 fully saturated rings. The lowest BCUT2D eigenvalue weighted by molar-refractivity contribution is -0.178. The summed E-state index contributed by atoms with van der Waals surface area (Å²) in [7, 11) is -2.75. The van der Waals surface area contributed by atoms with Gasteiger partial charge in [-0.05, 0) is 61.3 Å². The Labute approximate surface area is 191 Å². The molecule has 1 aliphatic carbocycles. The highest BCUT2D eigenvalue weighted by molar-refractivity contribution is 7.92. The van der Waals surface area contributed by atoms with Crippen LogP contribution in [0.2, 0.25) is 5.02 Å². The van der Waals surface area contributed by atoms with Crippen LogP contribution in [0.4, 0.5) is 0 Å². The van der Waals surface area contributed by atoms with Crippen LogP contribution in [0.5, 0.6) is 0 Å². The molecule has 1 aromatic carbocycles. The van der Waals surface area contributed by atoms with Gasteiger partial charge >= 0.3 is 0 Å². The minimum absolute atomic E-state index is 0.0522. The SMILES string of the molecule is C[C@@H](Cc1ccc(C2CCC3(CC2)OCCO3)c(Cl)c1)CN1CCC2(C1)CS(=O)(=O)C2. The maximum atomic E-state index is 11.6. The molecule has 172 valence electrons. The second-order valence-corrected chi connectivity index (χ2v) is 13.0. The van der Waals surface area contributed by atoms with E-state index in [0.29, 0.717) is 23.3 Å². The van der Waals surface area contributed by atoms with E-state index in [2.05, 4.69) is 30.0 Å². The van der Waals surface area contributed by atoms with Crippen LogP contribution in [0, 0.1) is 11.3 Å². The van der Waals surface area contributed by atoms with Gasteiger partial charge in [-0.3, -0.25) is 0 Å². The van der Waals surface area contributed by atoms with Crippen LogP contribution in [-0.2, 0) is 25.7 Å². The zero-order valence-electron chi connectivity index (χ0n) is 18.4. The standard InChI is InChI=1S/C24H34ClNO4S/c1-18(14-26-9-8-23(15-26)16-31(27,28)17-23)12-19-2-3-21(22(25)13-19)20-4-6-24(7-5-20)29-10-11-30-24/h2-3,13,18,20H,4-12,14-17H2,1H3/t18-/m0/s1. The Kier molecular flexibility index (Phi) is 5.92. The molecule has 3 aliphatic heterocycles. The molecule has 7 heteroatoms. The Morgan fingerprint density at radius 3 is 2.52 bits per heavy atom. The molecule has 1 saturated carbocycles. The summed E-state index contributed by atoms with van der Waals surface area (Å²) in [6, 6.07) is 6.63. The van der Waals surface area contributed by atoms with E-state index in [1.807, 2.05) is 0 Å². The Balaban J connectivity index is 1.13. The van der Waals surface area contributed by atoms with Crippen molar-refractivity contribution in [2.75, 3.05) is 44.4 Å². The Bertz CT molecular complexity index is 906. The number of ether oxygens (including phenoxy) is 2. The molecule has 1 atom stereocenters. The van der Waals surface area contributed by atoms with Crippen LogP contribution in [-0.4, -0.2) is 63.5 Å². The highest BCUT2D eigenvalue weighted by atomic mass is 35.5. The van der Waals surface area contributed by atoms with Crippen LogP contribution in [0.25, 0.3) is 0 Å². The number of rotatable bonds is 5. The van der Waals surface area contributed by atoms with Gasteiger partial charge in [0.1, 0.15) is 0 Å². The summed E-state index contributed by atoms with van der Waals surface area (Å²) in [5.41, 5.74) is 2.60. The molecular formula is C24H34ClNO4S. The molecule has 3 heterocycles. The van der Waals surface area contributed by atoms with E-state index in [4.69, 9.17) is 21.1 Å². The second kappa shape index (κ2) is 8.28. The van der Waals surface area contributed by atoms with Crippen LogP contribution in [0.3, 0.4) is 0 Å². The molecule has 31 heavy (non-hydrogen) atoms. The van der Waals surface area contributed by atoms with Crippen molar-refractivity contribution >= 4 is 21.4 Å². The van der Waals surface area contributed by atoms with Crippen LogP contribution < -0.4 is 0 Å². The van der Waals surface area contributed by atoms with Crippen molar-refractivity contribution in [2.24, 2.45) is 11.3 Å². The van der Waals surface area contributed by atoms with E-state index in [1.54, 1.807) is 0 Å². The Hall–Kier alpha value is -0.660. The zero-order chi connectivity index (χ0) is 21.7. The summed E-state index contributed by atoms with van der Waals surface area (Å²) in [5.74, 6) is 1.46. The van der Waals surface area contributed by atoms with E-state index in [1.165, 1.54) is 11.1 Å². The van der Waals surface area contributed by atoms with Gasteiger partial charge in [0.15, 0.2) is 15.6 Å². The maximum Gasteiger partial charge on any atom is 0.168 e. The number of hydrogen-bond donors (Lipinski definition) is 0. The van der Waals surface area contributed by atoms with E-state index in [9.17, 15) is 8.42 Å². The minimum Gasteiger partial charge on any atom is -0.348 e. The summed E-state index contributed by atoms with van der Waals surface area (Å²) < 4.78 is 34.9. The maximum absolute atomic E-state index is 11.6. The molecular weight excluding hydrogens is 434 g/mol. The summed E-state index contributed by atoms with van der Waals surface area (Å²) in [5, 5.41) is 0.888. The molecule has 0 radical (unpaired) electrons.